The van der Waals surface area contributed by atoms with Gasteiger partial charge in [-0.3, -0.25) is 4.90 Å². The molecule has 0 amide bonds. The summed E-state index contributed by atoms with van der Waals surface area (Å²) in [6, 6.07) is 12.3. The van der Waals surface area contributed by atoms with Crippen molar-refractivity contribution < 1.29 is 0 Å². The zero-order valence-electron chi connectivity index (χ0n) is 12.9. The standard InChI is InChI=1S/C18H28N2/c1-14-8-9-17(12-15(14)2)20-11-10-19-18(13-20)16-6-4-3-5-7-16/h3-7,14-15,17-19H,8-13H2,1-2H3. The maximum absolute atomic E-state index is 3.68. The Kier molecular flexibility index (Phi) is 4.42. The Balaban J connectivity index is 1.64. The second-order valence-electron chi connectivity index (χ2n) is 6.83. The molecule has 1 aliphatic heterocycles. The first-order chi connectivity index (χ1) is 9.74. The maximum Gasteiger partial charge on any atom is 0.0449 e. The molecule has 0 radical (unpaired) electrons. The minimum absolute atomic E-state index is 0.514. The van der Waals surface area contributed by atoms with Crippen molar-refractivity contribution in [2.24, 2.45) is 11.8 Å². The van der Waals surface area contributed by atoms with E-state index in [0.29, 0.717) is 6.04 Å². The summed E-state index contributed by atoms with van der Waals surface area (Å²) in [6.45, 7) is 8.38. The molecule has 20 heavy (non-hydrogen) atoms. The summed E-state index contributed by atoms with van der Waals surface area (Å²) in [6.07, 6.45) is 4.20. The van der Waals surface area contributed by atoms with Gasteiger partial charge < -0.3 is 5.32 Å². The van der Waals surface area contributed by atoms with Gasteiger partial charge in [0, 0.05) is 31.7 Å². The molecule has 4 unspecified atom stereocenters. The van der Waals surface area contributed by atoms with Gasteiger partial charge in [0.2, 0.25) is 0 Å². The summed E-state index contributed by atoms with van der Waals surface area (Å²) in [5.41, 5.74) is 1.44. The molecule has 1 heterocycles. The second-order valence-corrected chi connectivity index (χ2v) is 6.83. The number of nitrogens with zero attached hydrogens (tertiary/aromatic N) is 1. The van der Waals surface area contributed by atoms with E-state index in [4.69, 9.17) is 0 Å². The Morgan fingerprint density at radius 3 is 2.60 bits per heavy atom. The van der Waals surface area contributed by atoms with Crippen LogP contribution in [0.4, 0.5) is 0 Å². The van der Waals surface area contributed by atoms with Crippen LogP contribution in [0.25, 0.3) is 0 Å². The predicted molar refractivity (Wildman–Crippen MR) is 84.7 cm³/mol. The summed E-state index contributed by atoms with van der Waals surface area (Å²) in [7, 11) is 0. The fourth-order valence-corrected chi connectivity index (χ4v) is 3.86. The van der Waals surface area contributed by atoms with E-state index in [9.17, 15) is 0 Å². The SMILES string of the molecule is CC1CCC(N2CCNC(c3ccccc3)C2)CC1C. The third-order valence-electron chi connectivity index (χ3n) is 5.50. The number of piperazine rings is 1. The number of hydrogen-bond acceptors (Lipinski definition) is 2. The van der Waals surface area contributed by atoms with Gasteiger partial charge in [0.1, 0.15) is 0 Å². The number of nitrogens with one attached hydrogen (secondary N) is 1. The third kappa shape index (κ3) is 3.07. The summed E-state index contributed by atoms with van der Waals surface area (Å²) >= 11 is 0. The van der Waals surface area contributed by atoms with E-state index < -0.39 is 0 Å². The second kappa shape index (κ2) is 6.28. The Bertz CT molecular complexity index is 417. The molecule has 2 aliphatic rings. The van der Waals surface area contributed by atoms with Gasteiger partial charge in [0.15, 0.2) is 0 Å². The van der Waals surface area contributed by atoms with Crippen LogP contribution in [-0.4, -0.2) is 30.6 Å². The lowest BCUT2D eigenvalue weighted by atomic mass is 9.78. The smallest absolute Gasteiger partial charge is 0.0449 e. The van der Waals surface area contributed by atoms with Crippen LogP contribution in [0.1, 0.15) is 44.7 Å². The summed E-state index contributed by atoms with van der Waals surface area (Å²) in [5.74, 6) is 1.80. The minimum atomic E-state index is 0.514. The predicted octanol–water partition coefficient (Wildman–Crippen LogP) is 3.46. The zero-order valence-corrected chi connectivity index (χ0v) is 12.9. The molecule has 0 bridgehead atoms. The monoisotopic (exact) mass is 272 g/mol. The van der Waals surface area contributed by atoms with Crippen LogP contribution in [0.2, 0.25) is 0 Å². The quantitative estimate of drug-likeness (QED) is 0.887. The fourth-order valence-electron chi connectivity index (χ4n) is 3.86. The molecule has 2 nitrogen and oxygen atoms in total. The van der Waals surface area contributed by atoms with Gasteiger partial charge in [-0.15, -0.1) is 0 Å². The Morgan fingerprint density at radius 2 is 1.85 bits per heavy atom. The van der Waals surface area contributed by atoms with E-state index in [2.05, 4.69) is 54.4 Å². The number of rotatable bonds is 2. The van der Waals surface area contributed by atoms with Crippen LogP contribution < -0.4 is 5.32 Å². The van der Waals surface area contributed by atoms with Gasteiger partial charge >= 0.3 is 0 Å². The number of hydrogen-bond donors (Lipinski definition) is 1. The average molecular weight is 272 g/mol. The summed E-state index contributed by atoms with van der Waals surface area (Å²) < 4.78 is 0. The van der Waals surface area contributed by atoms with Crippen molar-refractivity contribution in [3.05, 3.63) is 35.9 Å². The first-order valence-corrected chi connectivity index (χ1v) is 8.26. The van der Waals surface area contributed by atoms with Crippen molar-refractivity contribution in [3.63, 3.8) is 0 Å². The van der Waals surface area contributed by atoms with E-state index in [1.165, 1.54) is 37.9 Å². The zero-order chi connectivity index (χ0) is 13.9. The highest BCUT2D eigenvalue weighted by molar-refractivity contribution is 5.19. The molecule has 1 N–H and O–H groups in total. The fraction of sp³-hybridized carbons (Fsp3) is 0.667. The third-order valence-corrected chi connectivity index (χ3v) is 5.50. The van der Waals surface area contributed by atoms with Crippen LogP contribution in [0.15, 0.2) is 30.3 Å². The van der Waals surface area contributed by atoms with Gasteiger partial charge in [0.25, 0.3) is 0 Å². The normalized spacial score (nSPS) is 35.9. The lowest BCUT2D eigenvalue weighted by molar-refractivity contribution is 0.0818. The maximum atomic E-state index is 3.68. The van der Waals surface area contributed by atoms with Crippen LogP contribution >= 0.6 is 0 Å². The van der Waals surface area contributed by atoms with E-state index in [0.717, 1.165) is 24.4 Å². The molecular formula is C18H28N2. The van der Waals surface area contributed by atoms with Gasteiger partial charge in [-0.05, 0) is 36.7 Å². The van der Waals surface area contributed by atoms with Crippen molar-refractivity contribution in [1.29, 1.82) is 0 Å². The minimum Gasteiger partial charge on any atom is -0.308 e. The molecule has 0 aromatic heterocycles. The van der Waals surface area contributed by atoms with E-state index in [1.807, 2.05) is 0 Å². The highest BCUT2D eigenvalue weighted by atomic mass is 15.2. The molecule has 2 heteroatoms. The summed E-state index contributed by atoms with van der Waals surface area (Å²) in [4.78, 5) is 2.75. The van der Waals surface area contributed by atoms with Crippen LogP contribution in [0.5, 0.6) is 0 Å². The van der Waals surface area contributed by atoms with Crippen LogP contribution in [0.3, 0.4) is 0 Å². The van der Waals surface area contributed by atoms with Crippen molar-refractivity contribution in [2.75, 3.05) is 19.6 Å². The van der Waals surface area contributed by atoms with E-state index in [1.54, 1.807) is 0 Å². The molecule has 110 valence electrons. The highest BCUT2D eigenvalue weighted by Crippen LogP contribution is 2.33. The van der Waals surface area contributed by atoms with Gasteiger partial charge in [-0.2, -0.15) is 0 Å². The summed E-state index contributed by atoms with van der Waals surface area (Å²) in [5, 5.41) is 3.68. The largest absolute Gasteiger partial charge is 0.308 e. The first kappa shape index (κ1) is 14.1. The molecule has 3 rings (SSSR count). The van der Waals surface area contributed by atoms with Crippen molar-refractivity contribution in [3.8, 4) is 0 Å². The average Bonchev–Trinajstić information content (AvgIpc) is 2.51. The van der Waals surface area contributed by atoms with Gasteiger partial charge in [0.05, 0.1) is 0 Å². The van der Waals surface area contributed by atoms with E-state index >= 15 is 0 Å². The lowest BCUT2D eigenvalue weighted by Crippen LogP contribution is -2.51. The molecule has 0 spiro atoms. The number of benzene rings is 1. The molecule has 4 atom stereocenters. The van der Waals surface area contributed by atoms with Gasteiger partial charge in [-0.25, -0.2) is 0 Å². The Hall–Kier alpha value is -0.860. The van der Waals surface area contributed by atoms with E-state index in [-0.39, 0.29) is 0 Å². The molecular weight excluding hydrogens is 244 g/mol. The van der Waals surface area contributed by atoms with Crippen molar-refractivity contribution in [1.82, 2.24) is 10.2 Å². The molecule has 1 aromatic rings. The Labute approximate surface area is 123 Å². The van der Waals surface area contributed by atoms with Crippen molar-refractivity contribution >= 4 is 0 Å². The van der Waals surface area contributed by atoms with Crippen molar-refractivity contribution in [2.45, 2.75) is 45.2 Å². The molecule has 1 aliphatic carbocycles. The van der Waals surface area contributed by atoms with Crippen LogP contribution in [0, 0.1) is 11.8 Å². The topological polar surface area (TPSA) is 15.3 Å². The van der Waals surface area contributed by atoms with Crippen LogP contribution in [-0.2, 0) is 0 Å². The molecule has 1 saturated heterocycles. The molecule has 1 aromatic carbocycles. The van der Waals surface area contributed by atoms with Gasteiger partial charge in [-0.1, -0.05) is 44.2 Å². The first-order valence-electron chi connectivity index (χ1n) is 8.26. The highest BCUT2D eigenvalue weighted by Gasteiger charge is 2.31. The lowest BCUT2D eigenvalue weighted by Gasteiger charge is -2.43. The molecule has 1 saturated carbocycles. The molecule has 2 fully saturated rings. The Morgan fingerprint density at radius 1 is 1.05 bits per heavy atom.